The summed E-state index contributed by atoms with van der Waals surface area (Å²) in [5.41, 5.74) is 0.628. The normalized spacial score (nSPS) is 16.1. The molecule has 1 aliphatic heterocycles. The van der Waals surface area contributed by atoms with Crippen molar-refractivity contribution in [3.8, 4) is 0 Å². The summed E-state index contributed by atoms with van der Waals surface area (Å²) in [6.07, 6.45) is 1.61. The average Bonchev–Trinajstić information content (AvgIpc) is 2.42. The predicted molar refractivity (Wildman–Crippen MR) is 71.9 cm³/mol. The van der Waals surface area contributed by atoms with Gasteiger partial charge in [0.25, 0.3) is 5.91 Å². The van der Waals surface area contributed by atoms with Crippen molar-refractivity contribution in [1.82, 2.24) is 5.32 Å². The Morgan fingerprint density at radius 3 is 2.84 bits per heavy atom. The number of para-hydroxylation sites is 1. The second-order valence-corrected chi connectivity index (χ2v) is 4.55. The molecule has 1 aromatic rings. The lowest BCUT2D eigenvalue weighted by Crippen LogP contribution is -2.39. The number of amides is 1. The number of anilines is 1. The molecule has 0 aliphatic carbocycles. The highest BCUT2D eigenvalue weighted by Crippen LogP contribution is 2.20. The second-order valence-electron chi connectivity index (χ2n) is 4.55. The minimum atomic E-state index is -0.401. The van der Waals surface area contributed by atoms with Gasteiger partial charge in [-0.25, -0.2) is 4.39 Å². The Hall–Kier alpha value is -1.62. The Bertz CT molecular complexity index is 445. The molecule has 1 amide bonds. The Morgan fingerprint density at radius 1 is 1.42 bits per heavy atom. The van der Waals surface area contributed by atoms with Gasteiger partial charge in [-0.1, -0.05) is 6.07 Å². The Morgan fingerprint density at radius 2 is 2.16 bits per heavy atom. The minimum absolute atomic E-state index is 0.110. The van der Waals surface area contributed by atoms with Gasteiger partial charge in [-0.3, -0.25) is 4.79 Å². The predicted octanol–water partition coefficient (Wildman–Crippen LogP) is 2.17. The van der Waals surface area contributed by atoms with Crippen molar-refractivity contribution in [2.24, 2.45) is 0 Å². The summed E-state index contributed by atoms with van der Waals surface area (Å²) >= 11 is 0. The van der Waals surface area contributed by atoms with Crippen LogP contribution in [0.5, 0.6) is 0 Å². The van der Waals surface area contributed by atoms with Crippen LogP contribution < -0.4 is 10.6 Å². The smallest absolute Gasteiger partial charge is 0.253 e. The molecule has 1 saturated heterocycles. The molecule has 0 aromatic heterocycles. The number of benzene rings is 1. The number of rotatable bonds is 4. The molecule has 1 aliphatic rings. The molecule has 1 heterocycles. The Labute approximate surface area is 112 Å². The van der Waals surface area contributed by atoms with Crippen molar-refractivity contribution >= 4 is 11.6 Å². The monoisotopic (exact) mass is 266 g/mol. The molecule has 4 nitrogen and oxygen atoms in total. The quantitative estimate of drug-likeness (QED) is 0.878. The van der Waals surface area contributed by atoms with Gasteiger partial charge in [0.2, 0.25) is 0 Å². The first-order chi connectivity index (χ1) is 9.22. The van der Waals surface area contributed by atoms with E-state index in [2.05, 4.69) is 10.6 Å². The summed E-state index contributed by atoms with van der Waals surface area (Å²) in [7, 11) is 0. The van der Waals surface area contributed by atoms with Gasteiger partial charge in [0.15, 0.2) is 0 Å². The van der Waals surface area contributed by atoms with E-state index in [-0.39, 0.29) is 17.6 Å². The van der Waals surface area contributed by atoms with E-state index >= 15 is 0 Å². The third-order valence-corrected chi connectivity index (χ3v) is 3.17. The first-order valence-electron chi connectivity index (χ1n) is 6.63. The second kappa shape index (κ2) is 6.52. The van der Waals surface area contributed by atoms with Gasteiger partial charge in [0.1, 0.15) is 5.82 Å². The van der Waals surface area contributed by atoms with Crippen molar-refractivity contribution in [2.75, 3.05) is 25.1 Å². The first-order valence-corrected chi connectivity index (χ1v) is 6.63. The van der Waals surface area contributed by atoms with Crippen LogP contribution in [-0.4, -0.2) is 31.7 Å². The van der Waals surface area contributed by atoms with Crippen LogP contribution in [0.3, 0.4) is 0 Å². The molecule has 0 saturated carbocycles. The summed E-state index contributed by atoms with van der Waals surface area (Å²) < 4.78 is 19.0. The molecular weight excluding hydrogens is 247 g/mol. The standard InChI is InChI=1S/C14H19FN2O2/c1-2-16-13-11(4-3-5-12(13)15)14(18)17-10-6-8-19-9-7-10/h3-5,10,16H,2,6-9H2,1H3,(H,17,18). The van der Waals surface area contributed by atoms with E-state index in [0.29, 0.717) is 25.3 Å². The van der Waals surface area contributed by atoms with Gasteiger partial charge in [-0.05, 0) is 31.9 Å². The van der Waals surface area contributed by atoms with Gasteiger partial charge in [-0.15, -0.1) is 0 Å². The molecule has 104 valence electrons. The van der Waals surface area contributed by atoms with E-state index in [1.54, 1.807) is 12.1 Å². The van der Waals surface area contributed by atoms with Crippen molar-refractivity contribution < 1.29 is 13.9 Å². The van der Waals surface area contributed by atoms with Crippen LogP contribution in [0.4, 0.5) is 10.1 Å². The molecule has 0 radical (unpaired) electrons. The summed E-state index contributed by atoms with van der Waals surface area (Å²) in [4.78, 5) is 12.2. The van der Waals surface area contributed by atoms with E-state index in [1.165, 1.54) is 6.07 Å². The Kier molecular flexibility index (Phi) is 4.74. The molecule has 5 heteroatoms. The highest BCUT2D eigenvalue weighted by Gasteiger charge is 2.20. The number of nitrogens with one attached hydrogen (secondary N) is 2. The Balaban J connectivity index is 2.11. The minimum Gasteiger partial charge on any atom is -0.382 e. The molecule has 1 fully saturated rings. The SMILES string of the molecule is CCNc1c(F)cccc1C(=O)NC1CCOCC1. The molecule has 19 heavy (non-hydrogen) atoms. The highest BCUT2D eigenvalue weighted by molar-refractivity contribution is 5.99. The van der Waals surface area contributed by atoms with Crippen LogP contribution in [0, 0.1) is 5.82 Å². The molecule has 2 N–H and O–H groups in total. The van der Waals surface area contributed by atoms with Crippen molar-refractivity contribution in [2.45, 2.75) is 25.8 Å². The third-order valence-electron chi connectivity index (χ3n) is 3.17. The van der Waals surface area contributed by atoms with Gasteiger partial charge in [0.05, 0.1) is 11.3 Å². The lowest BCUT2D eigenvalue weighted by Gasteiger charge is -2.23. The van der Waals surface area contributed by atoms with E-state index < -0.39 is 5.82 Å². The molecule has 1 aromatic carbocycles. The molecular formula is C14H19FN2O2. The zero-order chi connectivity index (χ0) is 13.7. The zero-order valence-corrected chi connectivity index (χ0v) is 11.0. The van der Waals surface area contributed by atoms with E-state index in [4.69, 9.17) is 4.74 Å². The molecule has 0 bridgehead atoms. The fraction of sp³-hybridized carbons (Fsp3) is 0.500. The van der Waals surface area contributed by atoms with Gasteiger partial charge >= 0.3 is 0 Å². The van der Waals surface area contributed by atoms with Gasteiger partial charge in [0, 0.05) is 25.8 Å². The van der Waals surface area contributed by atoms with Crippen LogP contribution in [0.1, 0.15) is 30.1 Å². The van der Waals surface area contributed by atoms with Gasteiger partial charge < -0.3 is 15.4 Å². The number of hydrogen-bond donors (Lipinski definition) is 2. The highest BCUT2D eigenvalue weighted by atomic mass is 19.1. The lowest BCUT2D eigenvalue weighted by atomic mass is 10.1. The van der Waals surface area contributed by atoms with Crippen LogP contribution in [0.15, 0.2) is 18.2 Å². The summed E-state index contributed by atoms with van der Waals surface area (Å²) in [5.74, 6) is -0.635. The summed E-state index contributed by atoms with van der Waals surface area (Å²) in [6, 6.07) is 4.65. The maximum absolute atomic E-state index is 13.7. The number of carbonyl (C=O) groups is 1. The third kappa shape index (κ3) is 3.44. The molecule has 0 atom stereocenters. The van der Waals surface area contributed by atoms with Crippen LogP contribution >= 0.6 is 0 Å². The maximum Gasteiger partial charge on any atom is 0.253 e. The average molecular weight is 266 g/mol. The fourth-order valence-electron chi connectivity index (χ4n) is 2.17. The van der Waals surface area contributed by atoms with Gasteiger partial charge in [-0.2, -0.15) is 0 Å². The van der Waals surface area contributed by atoms with Crippen LogP contribution in [0.2, 0.25) is 0 Å². The van der Waals surface area contributed by atoms with Crippen LogP contribution in [-0.2, 0) is 4.74 Å². The van der Waals surface area contributed by atoms with Crippen molar-refractivity contribution in [1.29, 1.82) is 0 Å². The molecule has 0 unspecified atom stereocenters. The topological polar surface area (TPSA) is 50.4 Å². The van der Waals surface area contributed by atoms with Crippen LogP contribution in [0.25, 0.3) is 0 Å². The van der Waals surface area contributed by atoms with E-state index in [9.17, 15) is 9.18 Å². The maximum atomic E-state index is 13.7. The summed E-state index contributed by atoms with van der Waals surface area (Å²) in [6.45, 7) is 3.76. The van der Waals surface area contributed by atoms with E-state index in [1.807, 2.05) is 6.92 Å². The number of ether oxygens (including phenoxy) is 1. The molecule has 2 rings (SSSR count). The fourth-order valence-corrected chi connectivity index (χ4v) is 2.17. The first kappa shape index (κ1) is 13.8. The number of hydrogen-bond acceptors (Lipinski definition) is 3. The number of carbonyl (C=O) groups excluding carboxylic acids is 1. The molecule has 0 spiro atoms. The van der Waals surface area contributed by atoms with Crippen molar-refractivity contribution in [3.05, 3.63) is 29.6 Å². The summed E-state index contributed by atoms with van der Waals surface area (Å²) in [5, 5.41) is 5.84. The van der Waals surface area contributed by atoms with Crippen molar-refractivity contribution in [3.63, 3.8) is 0 Å². The number of halogens is 1. The van der Waals surface area contributed by atoms with E-state index in [0.717, 1.165) is 12.8 Å². The lowest BCUT2D eigenvalue weighted by molar-refractivity contribution is 0.0696. The largest absolute Gasteiger partial charge is 0.382 e. The zero-order valence-electron chi connectivity index (χ0n) is 11.0.